The highest BCUT2D eigenvalue weighted by Crippen LogP contribution is 2.19. The molecule has 0 saturated heterocycles. The second-order valence-electron chi connectivity index (χ2n) is 4.91. The van der Waals surface area contributed by atoms with E-state index >= 15 is 0 Å². The number of rotatable bonds is 7. The first kappa shape index (κ1) is 15.1. The molecule has 2 nitrogen and oxygen atoms in total. The van der Waals surface area contributed by atoms with Gasteiger partial charge in [-0.2, -0.15) is 0 Å². The molecule has 102 valence electrons. The Morgan fingerprint density at radius 2 is 2.06 bits per heavy atom. The highest BCUT2D eigenvalue weighted by Gasteiger charge is 2.15. The Hall–Kier alpha value is -0.930. The number of hydrogen-bond donors (Lipinski definition) is 1. The van der Waals surface area contributed by atoms with E-state index < -0.39 is 0 Å². The third kappa shape index (κ3) is 4.75. The van der Waals surface area contributed by atoms with Crippen molar-refractivity contribution in [3.05, 3.63) is 35.1 Å². The van der Waals surface area contributed by atoms with Crippen molar-refractivity contribution >= 4 is 0 Å². The van der Waals surface area contributed by atoms with Crippen LogP contribution in [0.3, 0.4) is 0 Å². The highest BCUT2D eigenvalue weighted by atomic mass is 19.1. The predicted molar refractivity (Wildman–Crippen MR) is 73.3 cm³/mol. The van der Waals surface area contributed by atoms with Crippen molar-refractivity contribution in [2.24, 2.45) is 0 Å². The molecule has 1 N–H and O–H groups in total. The zero-order chi connectivity index (χ0) is 13.5. The molecule has 0 bridgehead atoms. The van der Waals surface area contributed by atoms with E-state index in [4.69, 9.17) is 4.74 Å². The van der Waals surface area contributed by atoms with E-state index in [1.807, 2.05) is 32.9 Å². The lowest BCUT2D eigenvalue weighted by Gasteiger charge is -2.21. The molecule has 0 aliphatic rings. The number of hydrogen-bond acceptors (Lipinski definition) is 2. The predicted octanol–water partition coefficient (Wildman–Crippen LogP) is 3.60. The third-order valence-electron chi connectivity index (χ3n) is 2.77. The van der Waals surface area contributed by atoms with Gasteiger partial charge in [-0.3, -0.25) is 0 Å². The van der Waals surface area contributed by atoms with Crippen molar-refractivity contribution in [1.82, 2.24) is 5.32 Å². The van der Waals surface area contributed by atoms with E-state index in [-0.39, 0.29) is 18.0 Å². The van der Waals surface area contributed by atoms with Crippen LogP contribution in [-0.4, -0.2) is 19.3 Å². The topological polar surface area (TPSA) is 21.3 Å². The van der Waals surface area contributed by atoms with Crippen LogP contribution in [0.5, 0.6) is 0 Å². The molecule has 1 atom stereocenters. The Kier molecular flexibility index (Phi) is 6.30. The molecule has 1 aromatic carbocycles. The van der Waals surface area contributed by atoms with Crippen LogP contribution >= 0.6 is 0 Å². The normalized spacial score (nSPS) is 13.0. The fourth-order valence-corrected chi connectivity index (χ4v) is 1.78. The fourth-order valence-electron chi connectivity index (χ4n) is 1.78. The molecule has 0 saturated carbocycles. The van der Waals surface area contributed by atoms with E-state index in [2.05, 4.69) is 12.2 Å². The minimum Gasteiger partial charge on any atom is -0.377 e. The van der Waals surface area contributed by atoms with Gasteiger partial charge in [0.2, 0.25) is 0 Å². The van der Waals surface area contributed by atoms with E-state index in [0.717, 1.165) is 18.5 Å². The molecule has 0 heterocycles. The molecule has 0 aliphatic heterocycles. The van der Waals surface area contributed by atoms with Gasteiger partial charge in [-0.05, 0) is 45.4 Å². The van der Waals surface area contributed by atoms with Crippen molar-refractivity contribution in [1.29, 1.82) is 0 Å². The summed E-state index contributed by atoms with van der Waals surface area (Å²) in [5, 5.41) is 3.34. The second-order valence-corrected chi connectivity index (χ2v) is 4.91. The first-order chi connectivity index (χ1) is 8.54. The Morgan fingerprint density at radius 3 is 2.61 bits per heavy atom. The van der Waals surface area contributed by atoms with E-state index in [1.54, 1.807) is 6.07 Å². The minimum absolute atomic E-state index is 0.0760. The van der Waals surface area contributed by atoms with Crippen LogP contribution < -0.4 is 5.32 Å². The molecule has 3 heteroatoms. The van der Waals surface area contributed by atoms with Gasteiger partial charge in [-0.15, -0.1) is 0 Å². The lowest BCUT2D eigenvalue weighted by molar-refractivity contribution is 0.0604. The smallest absolute Gasteiger partial charge is 0.128 e. The summed E-state index contributed by atoms with van der Waals surface area (Å²) in [6.45, 7) is 9.33. The van der Waals surface area contributed by atoms with Crippen LogP contribution in [0, 0.1) is 12.7 Å². The van der Waals surface area contributed by atoms with Crippen molar-refractivity contribution in [3.63, 3.8) is 0 Å². The molecule has 0 aromatic heterocycles. The summed E-state index contributed by atoms with van der Waals surface area (Å²) < 4.78 is 19.6. The van der Waals surface area contributed by atoms with Gasteiger partial charge in [0, 0.05) is 5.56 Å². The van der Waals surface area contributed by atoms with E-state index in [1.165, 1.54) is 0 Å². The standard InChI is InChI=1S/C15H24FNO/c1-5-8-17-15(10-18-11(2)3)13-7-6-12(4)9-14(13)16/h6-7,9,11,15,17H,5,8,10H2,1-4H3. The maximum absolute atomic E-state index is 14.0. The highest BCUT2D eigenvalue weighted by molar-refractivity contribution is 5.26. The lowest BCUT2D eigenvalue weighted by Crippen LogP contribution is -2.28. The van der Waals surface area contributed by atoms with Crippen molar-refractivity contribution in [2.75, 3.05) is 13.2 Å². The van der Waals surface area contributed by atoms with Gasteiger partial charge in [-0.1, -0.05) is 19.1 Å². The van der Waals surface area contributed by atoms with Crippen LogP contribution in [0.25, 0.3) is 0 Å². The molecule has 1 unspecified atom stereocenters. The summed E-state index contributed by atoms with van der Waals surface area (Å²) in [5.41, 5.74) is 1.63. The molecule has 1 aromatic rings. The molecule has 0 radical (unpaired) electrons. The fraction of sp³-hybridized carbons (Fsp3) is 0.600. The van der Waals surface area contributed by atoms with Crippen molar-refractivity contribution < 1.29 is 9.13 Å². The first-order valence-corrected chi connectivity index (χ1v) is 6.65. The summed E-state index contributed by atoms with van der Waals surface area (Å²) in [4.78, 5) is 0. The first-order valence-electron chi connectivity index (χ1n) is 6.65. The molecule has 0 spiro atoms. The molecule has 0 amide bonds. The van der Waals surface area contributed by atoms with Crippen LogP contribution in [0.2, 0.25) is 0 Å². The minimum atomic E-state index is -0.157. The third-order valence-corrected chi connectivity index (χ3v) is 2.77. The van der Waals surface area contributed by atoms with Crippen molar-refractivity contribution in [2.45, 2.75) is 46.3 Å². The van der Waals surface area contributed by atoms with Gasteiger partial charge in [0.25, 0.3) is 0 Å². The summed E-state index contributed by atoms with van der Waals surface area (Å²) in [7, 11) is 0. The van der Waals surface area contributed by atoms with Gasteiger partial charge in [0.15, 0.2) is 0 Å². The molecule has 18 heavy (non-hydrogen) atoms. The van der Waals surface area contributed by atoms with Crippen LogP contribution in [0.4, 0.5) is 4.39 Å². The lowest BCUT2D eigenvalue weighted by atomic mass is 10.0. The van der Waals surface area contributed by atoms with Gasteiger partial charge >= 0.3 is 0 Å². The molecular weight excluding hydrogens is 229 g/mol. The van der Waals surface area contributed by atoms with E-state index in [9.17, 15) is 4.39 Å². The maximum Gasteiger partial charge on any atom is 0.128 e. The number of benzene rings is 1. The molecule has 1 rings (SSSR count). The summed E-state index contributed by atoms with van der Waals surface area (Å²) in [6, 6.07) is 5.29. The molecule has 0 aliphatic carbocycles. The number of nitrogens with one attached hydrogen (secondary N) is 1. The summed E-state index contributed by atoms with van der Waals surface area (Å²) in [6.07, 6.45) is 1.18. The Balaban J connectivity index is 2.79. The van der Waals surface area contributed by atoms with Crippen molar-refractivity contribution in [3.8, 4) is 0 Å². The summed E-state index contributed by atoms with van der Waals surface area (Å²) in [5.74, 6) is -0.157. The SMILES string of the molecule is CCCNC(COC(C)C)c1ccc(C)cc1F. The van der Waals surface area contributed by atoms with Crippen LogP contribution in [0.1, 0.15) is 44.4 Å². The Bertz CT molecular complexity index is 366. The Morgan fingerprint density at radius 1 is 1.33 bits per heavy atom. The van der Waals surface area contributed by atoms with Gasteiger partial charge in [0.05, 0.1) is 18.8 Å². The Labute approximate surface area is 110 Å². The van der Waals surface area contributed by atoms with Gasteiger partial charge in [-0.25, -0.2) is 4.39 Å². The van der Waals surface area contributed by atoms with Gasteiger partial charge in [0.1, 0.15) is 5.82 Å². The van der Waals surface area contributed by atoms with Crippen LogP contribution in [-0.2, 0) is 4.74 Å². The van der Waals surface area contributed by atoms with Crippen LogP contribution in [0.15, 0.2) is 18.2 Å². The molecule has 0 fully saturated rings. The quantitative estimate of drug-likeness (QED) is 0.801. The number of aryl methyl sites for hydroxylation is 1. The second kappa shape index (κ2) is 7.49. The zero-order valence-electron chi connectivity index (χ0n) is 11.8. The molecular formula is C15H24FNO. The number of ether oxygens (including phenoxy) is 1. The van der Waals surface area contributed by atoms with Gasteiger partial charge < -0.3 is 10.1 Å². The number of halogens is 1. The maximum atomic E-state index is 14.0. The monoisotopic (exact) mass is 253 g/mol. The summed E-state index contributed by atoms with van der Waals surface area (Å²) >= 11 is 0. The zero-order valence-corrected chi connectivity index (χ0v) is 11.8. The average Bonchev–Trinajstić information content (AvgIpc) is 2.30. The average molecular weight is 253 g/mol. The van der Waals surface area contributed by atoms with E-state index in [0.29, 0.717) is 12.2 Å². The largest absolute Gasteiger partial charge is 0.377 e.